The van der Waals surface area contributed by atoms with Gasteiger partial charge in [0.15, 0.2) is 0 Å². The van der Waals surface area contributed by atoms with Crippen LogP contribution in [0.25, 0.3) is 0 Å². The van der Waals surface area contributed by atoms with Crippen molar-refractivity contribution in [1.29, 1.82) is 5.26 Å². The fourth-order valence-corrected chi connectivity index (χ4v) is 4.19. The Kier molecular flexibility index (Phi) is 6.48. The molecule has 0 saturated heterocycles. The number of methoxy groups -OCH3 is 1. The van der Waals surface area contributed by atoms with Crippen LogP contribution in [0.2, 0.25) is 0 Å². The lowest BCUT2D eigenvalue weighted by Crippen LogP contribution is -2.63. The topological polar surface area (TPSA) is 108 Å². The largest absolute Gasteiger partial charge is 0.508 e. The summed E-state index contributed by atoms with van der Waals surface area (Å²) in [5.74, 6) is 1.09. The Morgan fingerprint density at radius 3 is 2.34 bits per heavy atom. The van der Waals surface area contributed by atoms with Gasteiger partial charge in [0.1, 0.15) is 23.4 Å². The van der Waals surface area contributed by atoms with E-state index < -0.39 is 0 Å². The monoisotopic (exact) mass is 398 g/mol. The number of aromatic nitrogens is 2. The van der Waals surface area contributed by atoms with Crippen molar-refractivity contribution in [3.63, 3.8) is 0 Å². The van der Waals surface area contributed by atoms with Crippen molar-refractivity contribution >= 4 is 5.91 Å². The number of carbonyl (C=O) groups excluding carboxylic acids is 1. The molecule has 0 radical (unpaired) electrons. The molecule has 2 aromatic rings. The number of hydrogen-bond acceptors (Lipinski definition) is 6. The van der Waals surface area contributed by atoms with Crippen LogP contribution in [0.5, 0.6) is 11.5 Å². The minimum Gasteiger partial charge on any atom is -0.508 e. The summed E-state index contributed by atoms with van der Waals surface area (Å²) in [7, 11) is 1.45. The number of nitriles is 1. The first-order valence-electron chi connectivity index (χ1n) is 9.37. The molecule has 1 aromatic carbocycles. The Labute approximate surface area is 173 Å². The van der Waals surface area contributed by atoms with Gasteiger partial charge in [-0.3, -0.25) is 4.79 Å². The van der Waals surface area contributed by atoms with Gasteiger partial charge in [0.2, 0.25) is 0 Å². The Morgan fingerprint density at radius 2 is 1.86 bits per heavy atom. The zero-order valence-electron chi connectivity index (χ0n) is 17.8. The van der Waals surface area contributed by atoms with Gasteiger partial charge in [-0.05, 0) is 36.3 Å². The average molecular weight is 399 g/mol. The van der Waals surface area contributed by atoms with Crippen LogP contribution in [0.4, 0.5) is 0 Å². The molecule has 0 atom stereocenters. The number of ether oxygens (including phenoxy) is 1. The quantitative estimate of drug-likeness (QED) is 0.813. The maximum atomic E-state index is 12.1. The molecule has 156 valence electrons. The van der Waals surface area contributed by atoms with Crippen molar-refractivity contribution < 1.29 is 16.1 Å². The molecule has 29 heavy (non-hydrogen) atoms. The van der Waals surface area contributed by atoms with Crippen molar-refractivity contribution in [1.82, 2.24) is 15.3 Å². The number of amides is 1. The molecular weight excluding hydrogens is 368 g/mol. The molecule has 1 saturated carbocycles. The zero-order chi connectivity index (χ0) is 21.8. The number of nitrogens with zero attached hydrogens (tertiary/aromatic N) is 3. The second-order valence-electron chi connectivity index (χ2n) is 8.58. The first-order valence-corrected chi connectivity index (χ1v) is 9.37. The highest BCUT2D eigenvalue weighted by molar-refractivity contribution is 5.94. The highest BCUT2D eigenvalue weighted by atomic mass is 16.5. The molecule has 1 amide bonds. The van der Waals surface area contributed by atoms with Crippen molar-refractivity contribution in [2.45, 2.75) is 47.1 Å². The summed E-state index contributed by atoms with van der Waals surface area (Å²) in [5.41, 5.74) is 1.26. The Bertz CT molecular complexity index is 907. The number of aryl methyl sites for hydroxylation is 1. The number of phenolic OH excluding ortho intramolecular Hbond substituents is 1. The average Bonchev–Trinajstić information content (AvgIpc) is 2.66. The molecule has 2 N–H and O–H groups in total. The Hall–Kier alpha value is -3.14. The SMILES string of the molecule is COc1cc(O)ccc1C#N.Cc1ncc(C(=O)NC2C(C)(C)CC2(C)C)cn1.[HH]. The lowest BCUT2D eigenvalue weighted by atomic mass is 9.52. The number of nitrogens with one attached hydrogen (secondary N) is 1. The highest BCUT2D eigenvalue weighted by Gasteiger charge is 2.53. The Balaban J connectivity index is 0.000000324. The van der Waals surface area contributed by atoms with Gasteiger partial charge < -0.3 is 15.2 Å². The van der Waals surface area contributed by atoms with Crippen LogP contribution in [-0.2, 0) is 0 Å². The van der Waals surface area contributed by atoms with Crippen molar-refractivity contribution in [2.24, 2.45) is 10.8 Å². The van der Waals surface area contributed by atoms with Gasteiger partial charge in [0, 0.05) is 25.9 Å². The summed E-state index contributed by atoms with van der Waals surface area (Å²) < 4.78 is 4.83. The molecule has 0 spiro atoms. The summed E-state index contributed by atoms with van der Waals surface area (Å²) in [6, 6.07) is 6.49. The molecule has 0 bridgehead atoms. The van der Waals surface area contributed by atoms with Crippen LogP contribution >= 0.6 is 0 Å². The summed E-state index contributed by atoms with van der Waals surface area (Å²) in [4.78, 5) is 20.2. The second-order valence-corrected chi connectivity index (χ2v) is 8.58. The van der Waals surface area contributed by atoms with Gasteiger partial charge in [0.25, 0.3) is 5.91 Å². The molecule has 1 heterocycles. The number of phenols is 1. The van der Waals surface area contributed by atoms with E-state index in [4.69, 9.17) is 15.1 Å². The van der Waals surface area contributed by atoms with Gasteiger partial charge >= 0.3 is 0 Å². The van der Waals surface area contributed by atoms with Crippen molar-refractivity contribution in [2.75, 3.05) is 7.11 Å². The first kappa shape index (κ1) is 22.2. The van der Waals surface area contributed by atoms with E-state index in [1.54, 1.807) is 19.3 Å². The van der Waals surface area contributed by atoms with Crippen LogP contribution in [-0.4, -0.2) is 34.1 Å². The first-order chi connectivity index (χ1) is 13.5. The molecule has 1 aliphatic rings. The third-order valence-electron chi connectivity index (χ3n) is 5.10. The predicted molar refractivity (Wildman–Crippen MR) is 112 cm³/mol. The summed E-state index contributed by atoms with van der Waals surface area (Å²) in [6.07, 6.45) is 4.28. The molecule has 1 aliphatic carbocycles. The number of aromatic hydroxyl groups is 1. The van der Waals surface area contributed by atoms with Crippen LogP contribution < -0.4 is 10.1 Å². The smallest absolute Gasteiger partial charge is 0.254 e. The van der Waals surface area contributed by atoms with Crippen molar-refractivity contribution in [3.05, 3.63) is 47.5 Å². The molecule has 3 rings (SSSR count). The molecule has 0 aliphatic heterocycles. The lowest BCUT2D eigenvalue weighted by molar-refractivity contribution is -0.0366. The molecule has 7 heteroatoms. The number of rotatable bonds is 3. The van der Waals surface area contributed by atoms with E-state index in [1.807, 2.05) is 6.07 Å². The van der Waals surface area contributed by atoms with Crippen LogP contribution in [0, 0.1) is 29.1 Å². The third kappa shape index (κ3) is 5.23. The van der Waals surface area contributed by atoms with Crippen LogP contribution in [0.15, 0.2) is 30.6 Å². The molecule has 1 aromatic heterocycles. The standard InChI is InChI=1S/C14H21N3O.C8H7NO2.H2/c1-9-15-6-10(7-16-9)11(18)17-12-13(2,3)8-14(12,4)5;1-11-8-4-7(10)3-2-6(8)5-9;/h6-7,12H,8H2,1-5H3,(H,17,18);2-4,10H,1H3;1H. The van der Waals surface area contributed by atoms with E-state index in [0.29, 0.717) is 22.7 Å². The molecule has 0 unspecified atom stereocenters. The predicted octanol–water partition coefficient (Wildman–Crippen LogP) is 3.86. The fraction of sp³-hybridized carbons (Fsp3) is 0.455. The summed E-state index contributed by atoms with van der Waals surface area (Å²) in [6.45, 7) is 10.6. The maximum Gasteiger partial charge on any atom is 0.254 e. The minimum atomic E-state index is -0.0825. The van der Waals surface area contributed by atoms with Crippen LogP contribution in [0.1, 0.15) is 57.3 Å². The number of benzene rings is 1. The second kappa shape index (κ2) is 8.48. The highest BCUT2D eigenvalue weighted by Crippen LogP contribution is 2.53. The van der Waals surface area contributed by atoms with Crippen LogP contribution in [0.3, 0.4) is 0 Å². The van der Waals surface area contributed by atoms with Gasteiger partial charge in [-0.25, -0.2) is 9.97 Å². The Morgan fingerprint density at radius 1 is 1.28 bits per heavy atom. The van der Waals surface area contributed by atoms with E-state index in [0.717, 1.165) is 6.42 Å². The van der Waals surface area contributed by atoms with E-state index in [9.17, 15) is 4.79 Å². The van der Waals surface area contributed by atoms with E-state index in [1.165, 1.54) is 25.3 Å². The fourth-order valence-electron chi connectivity index (χ4n) is 4.19. The third-order valence-corrected chi connectivity index (χ3v) is 5.10. The number of carbonyl (C=O) groups is 1. The molecular formula is C22H30N4O3. The van der Waals surface area contributed by atoms with E-state index in [2.05, 4.69) is 43.0 Å². The van der Waals surface area contributed by atoms with E-state index in [-0.39, 0.29) is 30.0 Å². The van der Waals surface area contributed by atoms with Crippen molar-refractivity contribution in [3.8, 4) is 17.6 Å². The summed E-state index contributed by atoms with van der Waals surface area (Å²) >= 11 is 0. The normalized spacial score (nSPS) is 16.4. The van der Waals surface area contributed by atoms with Gasteiger partial charge in [-0.1, -0.05) is 27.7 Å². The lowest BCUT2D eigenvalue weighted by Gasteiger charge is -2.57. The maximum absolute atomic E-state index is 12.1. The molecule has 1 fully saturated rings. The van der Waals surface area contributed by atoms with Gasteiger partial charge in [-0.15, -0.1) is 0 Å². The van der Waals surface area contributed by atoms with Gasteiger partial charge in [-0.2, -0.15) is 5.26 Å². The van der Waals surface area contributed by atoms with Gasteiger partial charge in [0.05, 0.1) is 18.2 Å². The summed E-state index contributed by atoms with van der Waals surface area (Å²) in [5, 5.41) is 20.6. The molecule has 7 nitrogen and oxygen atoms in total. The minimum absolute atomic E-state index is 0. The number of hydrogen-bond donors (Lipinski definition) is 2. The van der Waals surface area contributed by atoms with E-state index >= 15 is 0 Å². The zero-order valence-corrected chi connectivity index (χ0v) is 17.8.